The molecule has 3 fully saturated rings. The summed E-state index contributed by atoms with van der Waals surface area (Å²) >= 11 is 0. The second kappa shape index (κ2) is 19.0. The maximum absolute atomic E-state index is 12.5. The lowest BCUT2D eigenvalue weighted by Crippen LogP contribution is -2.52. The van der Waals surface area contributed by atoms with Gasteiger partial charge in [0.1, 0.15) is 17.3 Å². The van der Waals surface area contributed by atoms with Crippen LogP contribution in [0.3, 0.4) is 0 Å². The van der Waals surface area contributed by atoms with E-state index in [4.69, 9.17) is 0 Å². The molecule has 51 heavy (non-hydrogen) atoms. The van der Waals surface area contributed by atoms with Gasteiger partial charge in [0, 0.05) is 68.7 Å². The normalized spacial score (nSPS) is 26.9. The van der Waals surface area contributed by atoms with Crippen molar-refractivity contribution in [2.24, 2.45) is 34.0 Å². The Morgan fingerprint density at radius 2 is 0.804 bits per heavy atom. The molecular formula is C45H87N3O3. The number of rotatable bonds is 6. The predicted molar refractivity (Wildman–Crippen MR) is 219 cm³/mol. The molecule has 3 aliphatic carbocycles. The molecule has 3 saturated carbocycles. The van der Waals surface area contributed by atoms with Crippen LogP contribution in [-0.4, -0.2) is 52.1 Å². The maximum Gasteiger partial charge on any atom is 0.142 e. The van der Waals surface area contributed by atoms with Gasteiger partial charge in [0.2, 0.25) is 0 Å². The molecule has 0 aromatic carbocycles. The van der Waals surface area contributed by atoms with Crippen LogP contribution in [0.25, 0.3) is 0 Å². The highest BCUT2D eigenvalue weighted by Crippen LogP contribution is 2.34. The Morgan fingerprint density at radius 3 is 1.24 bits per heavy atom. The van der Waals surface area contributed by atoms with Crippen molar-refractivity contribution in [2.75, 3.05) is 0 Å². The molecule has 0 bridgehead atoms. The average molecular weight is 718 g/mol. The van der Waals surface area contributed by atoms with Gasteiger partial charge >= 0.3 is 0 Å². The van der Waals surface area contributed by atoms with E-state index in [0.29, 0.717) is 41.4 Å². The smallest absolute Gasteiger partial charge is 0.142 e. The molecular weight excluding hydrogens is 631 g/mol. The zero-order valence-corrected chi connectivity index (χ0v) is 37.2. The maximum atomic E-state index is 12.5. The molecule has 0 heterocycles. The van der Waals surface area contributed by atoms with Crippen LogP contribution in [0.4, 0.5) is 0 Å². The molecule has 4 unspecified atom stereocenters. The van der Waals surface area contributed by atoms with Gasteiger partial charge in [-0.15, -0.1) is 0 Å². The summed E-state index contributed by atoms with van der Waals surface area (Å²) < 4.78 is 0. The minimum atomic E-state index is -0.209. The molecule has 0 spiro atoms. The molecule has 6 nitrogen and oxygen atoms in total. The summed E-state index contributed by atoms with van der Waals surface area (Å²) in [6.07, 6.45) is 13.6. The first-order valence-corrected chi connectivity index (χ1v) is 20.8. The van der Waals surface area contributed by atoms with Crippen molar-refractivity contribution in [3.05, 3.63) is 0 Å². The van der Waals surface area contributed by atoms with E-state index in [1.54, 1.807) is 0 Å². The number of nitrogens with one attached hydrogen (secondary N) is 3. The minimum Gasteiger partial charge on any atom is -0.309 e. The zero-order valence-electron chi connectivity index (χ0n) is 37.2. The SMILES string of the molecule is CC(C)(C)NC1CCC(C(=O)C(C)(C)C)CC1.CC(C)(C)NC1CCCC(C(=O)C(C)(C)C)C1.CC(C)(C)NC1CCCCC1C(=O)C(C)(C)C. The van der Waals surface area contributed by atoms with Crippen LogP contribution in [0.2, 0.25) is 0 Å². The van der Waals surface area contributed by atoms with E-state index >= 15 is 0 Å². The van der Waals surface area contributed by atoms with Crippen LogP contribution in [0, 0.1) is 34.0 Å². The van der Waals surface area contributed by atoms with Crippen molar-refractivity contribution >= 4 is 17.3 Å². The van der Waals surface area contributed by atoms with Crippen LogP contribution >= 0.6 is 0 Å². The Bertz CT molecular complexity index is 1080. The van der Waals surface area contributed by atoms with Crippen LogP contribution in [0.5, 0.6) is 0 Å². The van der Waals surface area contributed by atoms with E-state index in [0.717, 1.165) is 51.4 Å². The van der Waals surface area contributed by atoms with Crippen molar-refractivity contribution in [2.45, 2.75) is 236 Å². The van der Waals surface area contributed by atoms with Crippen molar-refractivity contribution in [1.29, 1.82) is 0 Å². The second-order valence-electron chi connectivity index (χ2n) is 22.6. The van der Waals surface area contributed by atoms with Gasteiger partial charge in [-0.05, 0) is 120 Å². The van der Waals surface area contributed by atoms with Gasteiger partial charge in [-0.2, -0.15) is 0 Å². The van der Waals surface area contributed by atoms with E-state index in [1.807, 2.05) is 62.3 Å². The Balaban J connectivity index is 0.000000382. The summed E-state index contributed by atoms with van der Waals surface area (Å²) in [6, 6.07) is 1.48. The third-order valence-electron chi connectivity index (χ3n) is 10.4. The Labute approximate surface area is 317 Å². The minimum absolute atomic E-state index is 0.0957. The average Bonchev–Trinajstić information content (AvgIpc) is 2.93. The quantitative estimate of drug-likeness (QED) is 0.254. The molecule has 0 radical (unpaired) electrons. The number of Topliss-reactive ketones (excluding diaryl/α,β-unsaturated/α-hetero) is 3. The zero-order chi connectivity index (χ0) is 39.8. The van der Waals surface area contributed by atoms with Gasteiger partial charge in [-0.3, -0.25) is 14.4 Å². The van der Waals surface area contributed by atoms with Crippen molar-refractivity contribution < 1.29 is 14.4 Å². The highest BCUT2D eigenvalue weighted by Gasteiger charge is 2.38. The van der Waals surface area contributed by atoms with E-state index in [9.17, 15) is 14.4 Å². The molecule has 3 N–H and O–H groups in total. The standard InChI is InChI=1S/3C15H29NO/c1-14(2,3)13(17)11-7-9-12(10-8-11)16-15(4,5)6;1-14(2,3)13(17)11-8-7-9-12(10-11)16-15(4,5)6;1-14(2,3)13(17)11-9-7-8-10-12(11)16-15(4,5)6/h3*11-12,16H,7-10H2,1-6H3. The van der Waals surface area contributed by atoms with E-state index in [2.05, 4.69) is 78.3 Å². The van der Waals surface area contributed by atoms with Crippen molar-refractivity contribution in [3.63, 3.8) is 0 Å². The van der Waals surface area contributed by atoms with E-state index < -0.39 is 0 Å². The summed E-state index contributed by atoms with van der Waals surface area (Å²) in [6.45, 7) is 38.1. The summed E-state index contributed by atoms with van der Waals surface area (Å²) in [4.78, 5) is 37.0. The first-order valence-electron chi connectivity index (χ1n) is 20.8. The van der Waals surface area contributed by atoms with Gasteiger partial charge in [0.05, 0.1) is 0 Å². The third kappa shape index (κ3) is 19.2. The summed E-state index contributed by atoms with van der Waals surface area (Å²) in [5.74, 6) is 2.10. The third-order valence-corrected chi connectivity index (χ3v) is 10.4. The number of carbonyl (C=O) groups excluding carboxylic acids is 3. The van der Waals surface area contributed by atoms with Crippen LogP contribution in [0.15, 0.2) is 0 Å². The lowest BCUT2D eigenvalue weighted by Gasteiger charge is -2.38. The fraction of sp³-hybridized carbons (Fsp3) is 0.933. The molecule has 6 heteroatoms. The number of ketones is 3. The first-order chi connectivity index (χ1) is 22.8. The van der Waals surface area contributed by atoms with Gasteiger partial charge in [0.25, 0.3) is 0 Å². The van der Waals surface area contributed by atoms with Crippen molar-refractivity contribution in [3.8, 4) is 0 Å². The first kappa shape index (κ1) is 47.9. The van der Waals surface area contributed by atoms with E-state index in [-0.39, 0.29) is 44.7 Å². The molecule has 300 valence electrons. The molecule has 0 saturated heterocycles. The summed E-state index contributed by atoms with van der Waals surface area (Å²) in [5.41, 5.74) is -0.135. The Kier molecular flexibility index (Phi) is 17.8. The fourth-order valence-electron chi connectivity index (χ4n) is 8.24. The summed E-state index contributed by atoms with van der Waals surface area (Å²) in [5, 5.41) is 10.9. The summed E-state index contributed by atoms with van der Waals surface area (Å²) in [7, 11) is 0. The molecule has 4 atom stereocenters. The highest BCUT2D eigenvalue weighted by atomic mass is 16.1. The fourth-order valence-corrected chi connectivity index (χ4v) is 8.24. The van der Waals surface area contributed by atoms with Gasteiger partial charge in [-0.1, -0.05) is 81.6 Å². The molecule has 3 rings (SSSR count). The molecule has 0 aliphatic heterocycles. The van der Waals surface area contributed by atoms with Crippen LogP contribution < -0.4 is 16.0 Å². The van der Waals surface area contributed by atoms with E-state index in [1.165, 1.54) is 25.7 Å². The van der Waals surface area contributed by atoms with Gasteiger partial charge in [0.15, 0.2) is 0 Å². The Hall–Kier alpha value is -1.11. The van der Waals surface area contributed by atoms with Crippen LogP contribution in [-0.2, 0) is 14.4 Å². The molecule has 0 amide bonds. The van der Waals surface area contributed by atoms with Crippen molar-refractivity contribution in [1.82, 2.24) is 16.0 Å². The Morgan fingerprint density at radius 1 is 0.392 bits per heavy atom. The molecule has 3 aliphatic rings. The lowest BCUT2D eigenvalue weighted by molar-refractivity contribution is -0.133. The van der Waals surface area contributed by atoms with Crippen LogP contribution in [0.1, 0.15) is 202 Å². The van der Waals surface area contributed by atoms with Gasteiger partial charge < -0.3 is 16.0 Å². The number of hydrogen-bond acceptors (Lipinski definition) is 6. The monoisotopic (exact) mass is 718 g/mol. The topological polar surface area (TPSA) is 87.3 Å². The lowest BCUT2D eigenvalue weighted by atomic mass is 9.73. The largest absolute Gasteiger partial charge is 0.309 e. The highest BCUT2D eigenvalue weighted by molar-refractivity contribution is 5.87. The second-order valence-corrected chi connectivity index (χ2v) is 22.6. The predicted octanol–water partition coefficient (Wildman–Crippen LogP) is 10.6. The number of carbonyl (C=O) groups is 3. The molecule has 0 aromatic heterocycles. The van der Waals surface area contributed by atoms with Gasteiger partial charge in [-0.25, -0.2) is 0 Å². The number of hydrogen-bond donors (Lipinski definition) is 3. The molecule has 0 aromatic rings.